The molecular weight excluding hydrogens is 349 g/mol. The fourth-order valence-corrected chi connectivity index (χ4v) is 1.92. The molecule has 2 rings (SSSR count). The van der Waals surface area contributed by atoms with Crippen LogP contribution in [0.1, 0.15) is 16.1 Å². The van der Waals surface area contributed by atoms with E-state index in [0.717, 1.165) is 6.07 Å². The minimum atomic E-state index is -4.51. The maximum Gasteiger partial charge on any atom is 0.417 e. The zero-order valence-corrected chi connectivity index (χ0v) is 12.8. The van der Waals surface area contributed by atoms with E-state index in [4.69, 9.17) is 17.3 Å². The summed E-state index contributed by atoms with van der Waals surface area (Å²) in [7, 11) is 0. The van der Waals surface area contributed by atoms with Crippen LogP contribution in [0.5, 0.6) is 0 Å². The van der Waals surface area contributed by atoms with Crippen LogP contribution in [0.2, 0.25) is 5.02 Å². The van der Waals surface area contributed by atoms with Crippen LogP contribution in [-0.2, 0) is 6.18 Å². The Hall–Kier alpha value is -2.62. The number of carbonyl (C=O) groups is 1. The Morgan fingerprint density at radius 2 is 1.92 bits per heavy atom. The number of amides is 1. The van der Waals surface area contributed by atoms with Crippen molar-refractivity contribution in [3.05, 3.63) is 40.9 Å². The largest absolute Gasteiger partial charge is 0.417 e. The molecule has 0 saturated carbocycles. The van der Waals surface area contributed by atoms with Crippen LogP contribution in [0.4, 0.5) is 24.8 Å². The summed E-state index contributed by atoms with van der Waals surface area (Å²) in [6.07, 6.45) is -1.16. The number of halogens is 4. The highest BCUT2D eigenvalue weighted by Gasteiger charge is 2.31. The van der Waals surface area contributed by atoms with E-state index in [0.29, 0.717) is 6.20 Å². The van der Waals surface area contributed by atoms with Gasteiger partial charge in [-0.05, 0) is 6.07 Å². The van der Waals surface area contributed by atoms with E-state index in [2.05, 4.69) is 25.6 Å². The van der Waals surface area contributed by atoms with E-state index in [9.17, 15) is 18.0 Å². The predicted molar refractivity (Wildman–Crippen MR) is 81.5 cm³/mol. The van der Waals surface area contributed by atoms with E-state index in [1.165, 1.54) is 12.4 Å². The van der Waals surface area contributed by atoms with Gasteiger partial charge in [0.15, 0.2) is 11.5 Å². The molecule has 0 bridgehead atoms. The average Bonchev–Trinajstić information content (AvgIpc) is 2.52. The molecule has 0 aliphatic heterocycles. The molecule has 0 radical (unpaired) electrons. The lowest BCUT2D eigenvalue weighted by molar-refractivity contribution is -0.137. The number of nitrogens with one attached hydrogen (secondary N) is 2. The van der Waals surface area contributed by atoms with Crippen molar-refractivity contribution in [3.63, 3.8) is 0 Å². The highest BCUT2D eigenvalue weighted by atomic mass is 35.5. The molecule has 11 heteroatoms. The highest BCUT2D eigenvalue weighted by molar-refractivity contribution is 6.32. The number of nitrogen functional groups attached to an aromatic ring is 1. The van der Waals surface area contributed by atoms with Gasteiger partial charge in [-0.2, -0.15) is 13.2 Å². The molecule has 7 nitrogen and oxygen atoms in total. The van der Waals surface area contributed by atoms with Crippen molar-refractivity contribution in [2.75, 3.05) is 24.1 Å². The summed E-state index contributed by atoms with van der Waals surface area (Å²) in [4.78, 5) is 23.0. The minimum absolute atomic E-state index is 0.00425. The molecule has 0 unspecified atom stereocenters. The van der Waals surface area contributed by atoms with E-state index < -0.39 is 17.6 Å². The number of carbonyl (C=O) groups excluding carboxylic acids is 1. The van der Waals surface area contributed by atoms with Crippen LogP contribution >= 0.6 is 11.6 Å². The van der Waals surface area contributed by atoms with Gasteiger partial charge in [0, 0.05) is 31.7 Å². The minimum Gasteiger partial charge on any atom is -0.382 e. The number of rotatable bonds is 5. The standard InChI is InChI=1S/C13H12ClF3N6O/c14-8-5-7(13(15,16)17)6-23-11(8)21-3-4-22-12(24)9-10(18)20-2-1-19-9/h1-2,5-6H,3-4H2,(H2,18,20)(H,21,23)(H,22,24). The normalized spacial score (nSPS) is 11.2. The molecule has 0 spiro atoms. The second-order valence-corrected chi connectivity index (χ2v) is 4.93. The maximum absolute atomic E-state index is 12.5. The van der Waals surface area contributed by atoms with Crippen molar-refractivity contribution in [2.45, 2.75) is 6.18 Å². The Balaban J connectivity index is 1.87. The van der Waals surface area contributed by atoms with Crippen molar-refractivity contribution in [1.29, 1.82) is 0 Å². The number of aromatic nitrogens is 3. The summed E-state index contributed by atoms with van der Waals surface area (Å²) in [5.41, 5.74) is 4.57. The van der Waals surface area contributed by atoms with Crippen LogP contribution in [0.15, 0.2) is 24.7 Å². The highest BCUT2D eigenvalue weighted by Crippen LogP contribution is 2.32. The van der Waals surface area contributed by atoms with Crippen LogP contribution in [0.3, 0.4) is 0 Å². The van der Waals surface area contributed by atoms with E-state index >= 15 is 0 Å². The van der Waals surface area contributed by atoms with Gasteiger partial charge in [0.25, 0.3) is 5.91 Å². The molecule has 2 heterocycles. The number of nitrogens with two attached hydrogens (primary N) is 1. The molecule has 0 aromatic carbocycles. The molecule has 2 aromatic rings. The van der Waals surface area contributed by atoms with Crippen LogP contribution < -0.4 is 16.4 Å². The number of anilines is 2. The first-order valence-corrected chi connectivity index (χ1v) is 6.98. The lowest BCUT2D eigenvalue weighted by Crippen LogP contribution is -2.30. The van der Waals surface area contributed by atoms with Crippen molar-refractivity contribution in [2.24, 2.45) is 0 Å². The van der Waals surface area contributed by atoms with Gasteiger partial charge >= 0.3 is 6.18 Å². The monoisotopic (exact) mass is 360 g/mol. The first-order chi connectivity index (χ1) is 11.3. The Labute approximate surface area is 139 Å². The molecule has 2 aromatic heterocycles. The lowest BCUT2D eigenvalue weighted by Gasteiger charge is -2.11. The first kappa shape index (κ1) is 17.7. The summed E-state index contributed by atoms with van der Waals surface area (Å²) in [5.74, 6) is -0.442. The summed E-state index contributed by atoms with van der Waals surface area (Å²) >= 11 is 5.75. The summed E-state index contributed by atoms with van der Waals surface area (Å²) in [6.45, 7) is 0.331. The summed E-state index contributed by atoms with van der Waals surface area (Å²) in [6, 6.07) is 0.774. The fourth-order valence-electron chi connectivity index (χ4n) is 1.69. The van der Waals surface area contributed by atoms with Crippen molar-refractivity contribution >= 4 is 29.1 Å². The topological polar surface area (TPSA) is 106 Å². The van der Waals surface area contributed by atoms with Crippen LogP contribution in [0.25, 0.3) is 0 Å². The number of hydrogen-bond donors (Lipinski definition) is 3. The second-order valence-electron chi connectivity index (χ2n) is 4.53. The number of nitrogens with zero attached hydrogens (tertiary/aromatic N) is 3. The van der Waals surface area contributed by atoms with Gasteiger partial charge in [-0.1, -0.05) is 11.6 Å². The van der Waals surface area contributed by atoms with Gasteiger partial charge in [-0.15, -0.1) is 0 Å². The molecule has 0 fully saturated rings. The van der Waals surface area contributed by atoms with Gasteiger partial charge < -0.3 is 16.4 Å². The van der Waals surface area contributed by atoms with Gasteiger partial charge in [0.2, 0.25) is 0 Å². The maximum atomic E-state index is 12.5. The third kappa shape index (κ3) is 4.44. The van der Waals surface area contributed by atoms with Crippen LogP contribution in [-0.4, -0.2) is 33.9 Å². The summed E-state index contributed by atoms with van der Waals surface area (Å²) in [5, 5.41) is 5.08. The Kier molecular flexibility index (Phi) is 5.39. The number of hydrogen-bond acceptors (Lipinski definition) is 6. The molecule has 4 N–H and O–H groups in total. The van der Waals surface area contributed by atoms with Crippen LogP contribution in [0, 0.1) is 0 Å². The second kappa shape index (κ2) is 7.30. The lowest BCUT2D eigenvalue weighted by atomic mass is 10.3. The van der Waals surface area contributed by atoms with Gasteiger partial charge in [0.05, 0.1) is 10.6 Å². The third-order valence-electron chi connectivity index (χ3n) is 2.81. The SMILES string of the molecule is Nc1nccnc1C(=O)NCCNc1ncc(C(F)(F)F)cc1Cl. The Bertz CT molecular complexity index is 740. The number of pyridine rings is 1. The molecular formula is C13H12ClF3N6O. The van der Waals surface area contributed by atoms with E-state index in [1.54, 1.807) is 0 Å². The van der Waals surface area contributed by atoms with Gasteiger partial charge in [-0.3, -0.25) is 4.79 Å². The predicted octanol–water partition coefficient (Wildman–Crippen LogP) is 1.97. The molecule has 0 aliphatic carbocycles. The molecule has 0 atom stereocenters. The average molecular weight is 361 g/mol. The van der Waals surface area contributed by atoms with Crippen molar-refractivity contribution < 1.29 is 18.0 Å². The third-order valence-corrected chi connectivity index (χ3v) is 3.10. The molecule has 0 aliphatic rings. The van der Waals surface area contributed by atoms with Gasteiger partial charge in [-0.25, -0.2) is 15.0 Å². The van der Waals surface area contributed by atoms with Crippen molar-refractivity contribution in [1.82, 2.24) is 20.3 Å². The van der Waals surface area contributed by atoms with E-state index in [-0.39, 0.29) is 35.4 Å². The van der Waals surface area contributed by atoms with E-state index in [1.807, 2.05) is 0 Å². The molecule has 0 saturated heterocycles. The van der Waals surface area contributed by atoms with Gasteiger partial charge in [0.1, 0.15) is 5.82 Å². The zero-order valence-electron chi connectivity index (χ0n) is 12.1. The Morgan fingerprint density at radius 1 is 1.21 bits per heavy atom. The smallest absolute Gasteiger partial charge is 0.382 e. The molecule has 1 amide bonds. The van der Waals surface area contributed by atoms with Crippen molar-refractivity contribution in [3.8, 4) is 0 Å². The first-order valence-electron chi connectivity index (χ1n) is 6.60. The quantitative estimate of drug-likeness (QED) is 0.704. The zero-order chi connectivity index (χ0) is 17.7. The fraction of sp³-hybridized carbons (Fsp3) is 0.231. The number of alkyl halides is 3. The molecule has 24 heavy (non-hydrogen) atoms. The molecule has 128 valence electrons. The summed E-state index contributed by atoms with van der Waals surface area (Å²) < 4.78 is 37.5. The Morgan fingerprint density at radius 3 is 2.54 bits per heavy atom.